The molecule has 0 bridgehead atoms. The molecule has 2 aliphatic rings. The molecule has 6 heteroatoms. The van der Waals surface area contributed by atoms with Gasteiger partial charge in [-0.1, -0.05) is 24.6 Å². The molecule has 1 fully saturated rings. The van der Waals surface area contributed by atoms with E-state index in [-0.39, 0.29) is 17.7 Å². The Balaban J connectivity index is 1.39. The molecule has 2 aromatic rings. The van der Waals surface area contributed by atoms with E-state index in [0.717, 1.165) is 49.4 Å². The summed E-state index contributed by atoms with van der Waals surface area (Å²) in [6.07, 6.45) is 5.52. The van der Waals surface area contributed by atoms with E-state index in [1.54, 1.807) is 13.0 Å². The lowest BCUT2D eigenvalue weighted by Crippen LogP contribution is -2.47. The van der Waals surface area contributed by atoms with Crippen LogP contribution in [0.25, 0.3) is 0 Å². The van der Waals surface area contributed by atoms with Gasteiger partial charge in [0.05, 0.1) is 6.04 Å². The van der Waals surface area contributed by atoms with Crippen LogP contribution >= 0.6 is 0 Å². The number of piperidine rings is 1. The van der Waals surface area contributed by atoms with E-state index in [9.17, 15) is 9.90 Å². The molecule has 1 saturated heterocycles. The monoisotopic (exact) mass is 423 g/mol. The van der Waals surface area contributed by atoms with Crippen molar-refractivity contribution in [3.05, 3.63) is 59.2 Å². The van der Waals surface area contributed by atoms with Crippen LogP contribution < -0.4 is 10.2 Å². The summed E-state index contributed by atoms with van der Waals surface area (Å²) >= 11 is 0. The van der Waals surface area contributed by atoms with Crippen LogP contribution in [-0.4, -0.2) is 53.7 Å². The lowest BCUT2D eigenvalue weighted by Gasteiger charge is -2.37. The highest BCUT2D eigenvalue weighted by Crippen LogP contribution is 2.33. The standard InChI is InChI=1S/C25H33N3O3/c1-19(29)26-28-14-11-21-18-22(30)7-10-24(21)25(28)17-20-5-8-23(9-6-20)31-16-15-27-12-3-2-4-13-27/h5-10,18,25,30H,2-4,11-17H2,1H3,(H,26,29). The van der Waals surface area contributed by atoms with Gasteiger partial charge in [0.2, 0.25) is 5.91 Å². The van der Waals surface area contributed by atoms with E-state index in [2.05, 4.69) is 22.5 Å². The molecule has 2 N–H and O–H groups in total. The summed E-state index contributed by atoms with van der Waals surface area (Å²) < 4.78 is 5.96. The van der Waals surface area contributed by atoms with Gasteiger partial charge in [0.25, 0.3) is 0 Å². The van der Waals surface area contributed by atoms with Crippen molar-refractivity contribution in [3.8, 4) is 11.5 Å². The number of fused-ring (bicyclic) bond motifs is 1. The summed E-state index contributed by atoms with van der Waals surface area (Å²) in [5.74, 6) is 1.12. The lowest BCUT2D eigenvalue weighted by molar-refractivity contribution is -0.125. The molecule has 166 valence electrons. The number of likely N-dealkylation sites (tertiary alicyclic amines) is 1. The SMILES string of the molecule is CC(=O)NN1CCc2cc(O)ccc2C1Cc1ccc(OCCN2CCCCC2)cc1. The number of amides is 1. The number of ether oxygens (including phenoxy) is 1. The highest BCUT2D eigenvalue weighted by molar-refractivity contribution is 5.72. The Hall–Kier alpha value is -2.57. The highest BCUT2D eigenvalue weighted by atomic mass is 16.5. The third kappa shape index (κ3) is 5.77. The first-order valence-corrected chi connectivity index (χ1v) is 11.4. The molecular formula is C25H33N3O3. The summed E-state index contributed by atoms with van der Waals surface area (Å²) in [5, 5.41) is 11.9. The van der Waals surface area contributed by atoms with E-state index < -0.39 is 0 Å². The Morgan fingerprint density at radius 1 is 1.10 bits per heavy atom. The topological polar surface area (TPSA) is 65.0 Å². The third-order valence-electron chi connectivity index (χ3n) is 6.26. The van der Waals surface area contributed by atoms with Crippen molar-refractivity contribution in [1.29, 1.82) is 0 Å². The number of hydrazine groups is 1. The van der Waals surface area contributed by atoms with Crippen LogP contribution in [0.3, 0.4) is 0 Å². The third-order valence-corrected chi connectivity index (χ3v) is 6.26. The first-order valence-electron chi connectivity index (χ1n) is 11.4. The van der Waals surface area contributed by atoms with Gasteiger partial charge in [0.1, 0.15) is 18.1 Å². The number of phenols is 1. The number of phenolic OH excluding ortho intramolecular Hbond substituents is 1. The van der Waals surface area contributed by atoms with Gasteiger partial charge in [-0.2, -0.15) is 0 Å². The minimum absolute atomic E-state index is 0.0270. The maximum absolute atomic E-state index is 11.7. The highest BCUT2D eigenvalue weighted by Gasteiger charge is 2.28. The zero-order chi connectivity index (χ0) is 21.6. The second-order valence-electron chi connectivity index (χ2n) is 8.61. The number of rotatable bonds is 7. The fraction of sp³-hybridized carbons (Fsp3) is 0.480. The molecule has 2 aliphatic heterocycles. The number of hydrogen-bond acceptors (Lipinski definition) is 5. The quantitative estimate of drug-likeness (QED) is 0.714. The van der Waals surface area contributed by atoms with Crippen LogP contribution in [0.1, 0.15) is 48.9 Å². The van der Waals surface area contributed by atoms with Gasteiger partial charge in [0, 0.05) is 20.0 Å². The average molecular weight is 424 g/mol. The summed E-state index contributed by atoms with van der Waals surface area (Å²) in [7, 11) is 0. The average Bonchev–Trinajstić information content (AvgIpc) is 2.77. The van der Waals surface area contributed by atoms with Crippen molar-refractivity contribution in [2.75, 3.05) is 32.8 Å². The molecule has 0 radical (unpaired) electrons. The molecule has 0 aromatic heterocycles. The lowest BCUT2D eigenvalue weighted by atomic mass is 9.89. The van der Waals surface area contributed by atoms with Gasteiger partial charge >= 0.3 is 0 Å². The van der Waals surface area contributed by atoms with Gasteiger partial charge in [0.15, 0.2) is 0 Å². The van der Waals surface area contributed by atoms with E-state index in [4.69, 9.17) is 4.74 Å². The molecule has 1 atom stereocenters. The van der Waals surface area contributed by atoms with Crippen LogP contribution in [0.4, 0.5) is 0 Å². The molecule has 0 spiro atoms. The maximum Gasteiger partial charge on any atom is 0.231 e. The Morgan fingerprint density at radius 2 is 1.87 bits per heavy atom. The summed E-state index contributed by atoms with van der Waals surface area (Å²) in [6.45, 7) is 6.34. The van der Waals surface area contributed by atoms with Crippen LogP contribution in [0.15, 0.2) is 42.5 Å². The Kier molecular flexibility index (Phi) is 7.10. The molecule has 2 aromatic carbocycles. The van der Waals surface area contributed by atoms with Crippen molar-refractivity contribution in [1.82, 2.24) is 15.3 Å². The molecule has 0 aliphatic carbocycles. The molecule has 2 heterocycles. The van der Waals surface area contributed by atoms with Gasteiger partial charge in [-0.05, 0) is 79.7 Å². The largest absolute Gasteiger partial charge is 0.508 e. The number of benzene rings is 2. The molecular weight excluding hydrogens is 390 g/mol. The summed E-state index contributed by atoms with van der Waals surface area (Å²) in [4.78, 5) is 14.2. The fourth-order valence-corrected chi connectivity index (χ4v) is 4.68. The molecule has 6 nitrogen and oxygen atoms in total. The number of nitrogens with zero attached hydrogens (tertiary/aromatic N) is 2. The van der Waals surface area contributed by atoms with E-state index >= 15 is 0 Å². The zero-order valence-electron chi connectivity index (χ0n) is 18.3. The maximum atomic E-state index is 11.7. The smallest absolute Gasteiger partial charge is 0.231 e. The fourth-order valence-electron chi connectivity index (χ4n) is 4.68. The zero-order valence-corrected chi connectivity index (χ0v) is 18.3. The number of nitrogens with one attached hydrogen (secondary N) is 1. The number of carbonyl (C=O) groups excluding carboxylic acids is 1. The van der Waals surface area contributed by atoms with Gasteiger partial charge in [-0.15, -0.1) is 0 Å². The van der Waals surface area contributed by atoms with Crippen LogP contribution in [0.2, 0.25) is 0 Å². The summed E-state index contributed by atoms with van der Waals surface area (Å²) in [5.41, 5.74) is 6.46. The number of aromatic hydroxyl groups is 1. The van der Waals surface area contributed by atoms with Crippen molar-refractivity contribution >= 4 is 5.91 Å². The van der Waals surface area contributed by atoms with Crippen molar-refractivity contribution < 1.29 is 14.6 Å². The summed E-state index contributed by atoms with van der Waals surface area (Å²) in [6, 6.07) is 13.9. The van der Waals surface area contributed by atoms with Crippen molar-refractivity contribution in [2.24, 2.45) is 0 Å². The Bertz CT molecular complexity index is 878. The van der Waals surface area contributed by atoms with Crippen LogP contribution in [0.5, 0.6) is 11.5 Å². The predicted molar refractivity (Wildman–Crippen MR) is 121 cm³/mol. The van der Waals surface area contributed by atoms with Gasteiger partial charge in [-0.3, -0.25) is 15.1 Å². The molecule has 31 heavy (non-hydrogen) atoms. The predicted octanol–water partition coefficient (Wildman–Crippen LogP) is 3.45. The van der Waals surface area contributed by atoms with Crippen molar-refractivity contribution in [3.63, 3.8) is 0 Å². The van der Waals surface area contributed by atoms with Crippen molar-refractivity contribution in [2.45, 2.75) is 45.1 Å². The van der Waals surface area contributed by atoms with Gasteiger partial charge < -0.3 is 9.84 Å². The van der Waals surface area contributed by atoms with E-state index in [0.29, 0.717) is 0 Å². The number of hydrogen-bond donors (Lipinski definition) is 2. The van der Waals surface area contributed by atoms with Gasteiger partial charge in [-0.25, -0.2) is 5.01 Å². The number of carbonyl (C=O) groups is 1. The minimum atomic E-state index is -0.0651. The van der Waals surface area contributed by atoms with E-state index in [1.165, 1.54) is 37.9 Å². The second kappa shape index (κ2) is 10.2. The molecule has 1 unspecified atom stereocenters. The van der Waals surface area contributed by atoms with E-state index in [1.807, 2.05) is 29.3 Å². The second-order valence-corrected chi connectivity index (χ2v) is 8.61. The molecule has 0 saturated carbocycles. The normalized spacial score (nSPS) is 19.6. The van der Waals surface area contributed by atoms with Crippen LogP contribution in [-0.2, 0) is 17.6 Å². The Labute approximate surface area is 184 Å². The molecule has 1 amide bonds. The first-order chi connectivity index (χ1) is 15.1. The molecule has 4 rings (SSSR count). The Morgan fingerprint density at radius 3 is 2.61 bits per heavy atom. The minimum Gasteiger partial charge on any atom is -0.508 e. The van der Waals surface area contributed by atoms with Crippen LogP contribution in [0, 0.1) is 0 Å². The first kappa shape index (κ1) is 21.7.